The number of anilines is 1. The molecule has 0 amide bonds. The molecule has 0 bridgehead atoms. The molecule has 90 valence electrons. The lowest BCUT2D eigenvalue weighted by molar-refractivity contribution is 0.220. The van der Waals surface area contributed by atoms with Gasteiger partial charge in [0.15, 0.2) is 6.73 Å². The molecule has 0 fully saturated rings. The zero-order chi connectivity index (χ0) is 12.1. The van der Waals surface area contributed by atoms with Crippen molar-refractivity contribution in [3.8, 4) is 11.5 Å². The van der Waals surface area contributed by atoms with Crippen LogP contribution in [0.5, 0.6) is 11.5 Å². The second-order valence-corrected chi connectivity index (χ2v) is 3.49. The molecular weight excluding hydrogens is 218 g/mol. The molecule has 1 aromatic carbocycles. The molecular formula is C12H15N3O2. The average molecular weight is 233 g/mol. The highest BCUT2D eigenvalue weighted by Crippen LogP contribution is 2.17. The maximum absolute atomic E-state index is 5.55. The van der Waals surface area contributed by atoms with E-state index in [0.717, 1.165) is 11.5 Å². The van der Waals surface area contributed by atoms with Gasteiger partial charge in [-0.1, -0.05) is 0 Å². The van der Waals surface area contributed by atoms with Gasteiger partial charge in [-0.15, -0.1) is 0 Å². The van der Waals surface area contributed by atoms with E-state index in [1.165, 1.54) is 0 Å². The predicted molar refractivity (Wildman–Crippen MR) is 64.9 cm³/mol. The van der Waals surface area contributed by atoms with Crippen molar-refractivity contribution in [2.75, 3.05) is 12.3 Å². The van der Waals surface area contributed by atoms with E-state index < -0.39 is 0 Å². The largest absolute Gasteiger partial charge is 0.494 e. The number of nitrogens with two attached hydrogens (primary N) is 1. The highest BCUT2D eigenvalue weighted by atomic mass is 16.5. The Morgan fingerprint density at radius 3 is 2.35 bits per heavy atom. The van der Waals surface area contributed by atoms with E-state index in [-0.39, 0.29) is 0 Å². The normalized spacial score (nSPS) is 10.2. The van der Waals surface area contributed by atoms with Gasteiger partial charge in [0, 0.05) is 0 Å². The van der Waals surface area contributed by atoms with Gasteiger partial charge in [0.1, 0.15) is 11.5 Å². The second kappa shape index (κ2) is 5.25. The van der Waals surface area contributed by atoms with Crippen LogP contribution in [0.1, 0.15) is 6.92 Å². The van der Waals surface area contributed by atoms with Crippen LogP contribution in [0.15, 0.2) is 36.7 Å². The van der Waals surface area contributed by atoms with Crippen molar-refractivity contribution in [3.63, 3.8) is 0 Å². The first kappa shape index (κ1) is 11.3. The Hall–Kier alpha value is -2.17. The molecule has 17 heavy (non-hydrogen) atoms. The molecule has 5 nitrogen and oxygen atoms in total. The number of rotatable bonds is 5. The Bertz CT molecular complexity index is 465. The molecule has 1 aromatic heterocycles. The minimum absolute atomic E-state index is 0.338. The van der Waals surface area contributed by atoms with Crippen molar-refractivity contribution >= 4 is 5.69 Å². The van der Waals surface area contributed by atoms with E-state index in [1.807, 2.05) is 31.2 Å². The quantitative estimate of drug-likeness (QED) is 0.856. The minimum Gasteiger partial charge on any atom is -0.494 e. The Balaban J connectivity index is 1.90. The van der Waals surface area contributed by atoms with E-state index in [2.05, 4.69) is 5.10 Å². The molecule has 0 radical (unpaired) electrons. The maximum atomic E-state index is 5.55. The Morgan fingerprint density at radius 2 is 1.82 bits per heavy atom. The van der Waals surface area contributed by atoms with Gasteiger partial charge < -0.3 is 15.2 Å². The molecule has 0 saturated heterocycles. The van der Waals surface area contributed by atoms with Crippen LogP contribution in [-0.4, -0.2) is 16.4 Å². The van der Waals surface area contributed by atoms with Gasteiger partial charge in [0.2, 0.25) is 0 Å². The summed E-state index contributed by atoms with van der Waals surface area (Å²) in [6, 6.07) is 7.46. The lowest BCUT2D eigenvalue weighted by Crippen LogP contribution is -2.05. The van der Waals surface area contributed by atoms with Crippen LogP contribution in [0, 0.1) is 0 Å². The second-order valence-electron chi connectivity index (χ2n) is 3.49. The average Bonchev–Trinajstić information content (AvgIpc) is 2.75. The summed E-state index contributed by atoms with van der Waals surface area (Å²) in [5, 5.41) is 4.02. The molecule has 0 saturated carbocycles. The van der Waals surface area contributed by atoms with Gasteiger partial charge in [-0.05, 0) is 31.2 Å². The van der Waals surface area contributed by atoms with Crippen LogP contribution in [0.4, 0.5) is 5.69 Å². The minimum atomic E-state index is 0.338. The fourth-order valence-electron chi connectivity index (χ4n) is 1.39. The standard InChI is InChI=1S/C12H15N3O2/c1-2-16-11-3-5-12(6-4-11)17-9-15-8-10(13)7-14-15/h3-8H,2,9,13H2,1H3. The van der Waals surface area contributed by atoms with Crippen LogP contribution in [0.2, 0.25) is 0 Å². The van der Waals surface area contributed by atoms with Crippen LogP contribution in [0.25, 0.3) is 0 Å². The number of nitrogen functional groups attached to an aromatic ring is 1. The summed E-state index contributed by atoms with van der Waals surface area (Å²) >= 11 is 0. The highest BCUT2D eigenvalue weighted by molar-refractivity contribution is 5.31. The SMILES string of the molecule is CCOc1ccc(OCn2cc(N)cn2)cc1. The van der Waals surface area contributed by atoms with Gasteiger partial charge in [0.05, 0.1) is 24.7 Å². The smallest absolute Gasteiger partial charge is 0.180 e. The van der Waals surface area contributed by atoms with Gasteiger partial charge in [-0.3, -0.25) is 0 Å². The van der Waals surface area contributed by atoms with E-state index in [9.17, 15) is 0 Å². The zero-order valence-electron chi connectivity index (χ0n) is 9.67. The van der Waals surface area contributed by atoms with Crippen molar-refractivity contribution in [3.05, 3.63) is 36.7 Å². The predicted octanol–water partition coefficient (Wildman–Crippen LogP) is 1.90. The number of nitrogens with zero attached hydrogens (tertiary/aromatic N) is 2. The van der Waals surface area contributed by atoms with Crippen molar-refractivity contribution in [2.45, 2.75) is 13.7 Å². The zero-order valence-corrected chi connectivity index (χ0v) is 9.67. The van der Waals surface area contributed by atoms with Crippen LogP contribution < -0.4 is 15.2 Å². The van der Waals surface area contributed by atoms with Crippen LogP contribution >= 0.6 is 0 Å². The number of hydrogen-bond acceptors (Lipinski definition) is 4. The van der Waals surface area contributed by atoms with E-state index in [4.69, 9.17) is 15.2 Å². The summed E-state index contributed by atoms with van der Waals surface area (Å²) in [4.78, 5) is 0. The van der Waals surface area contributed by atoms with Gasteiger partial charge in [-0.25, -0.2) is 4.68 Å². The monoisotopic (exact) mass is 233 g/mol. The van der Waals surface area contributed by atoms with Gasteiger partial charge in [-0.2, -0.15) is 5.10 Å². The van der Waals surface area contributed by atoms with E-state index >= 15 is 0 Å². The summed E-state index contributed by atoms with van der Waals surface area (Å²) in [5.41, 5.74) is 6.17. The number of hydrogen-bond donors (Lipinski definition) is 1. The molecule has 0 atom stereocenters. The molecule has 2 aromatic rings. The Kier molecular flexibility index (Phi) is 3.49. The molecule has 5 heteroatoms. The van der Waals surface area contributed by atoms with Crippen molar-refractivity contribution < 1.29 is 9.47 Å². The number of benzene rings is 1. The molecule has 1 heterocycles. The van der Waals surface area contributed by atoms with Gasteiger partial charge >= 0.3 is 0 Å². The molecule has 2 N–H and O–H groups in total. The van der Waals surface area contributed by atoms with Crippen LogP contribution in [-0.2, 0) is 6.73 Å². The van der Waals surface area contributed by atoms with Crippen molar-refractivity contribution in [1.82, 2.24) is 9.78 Å². The Morgan fingerprint density at radius 1 is 1.18 bits per heavy atom. The Labute approximate surface area is 99.8 Å². The third kappa shape index (κ3) is 3.14. The maximum Gasteiger partial charge on any atom is 0.180 e. The first-order valence-corrected chi connectivity index (χ1v) is 5.41. The lowest BCUT2D eigenvalue weighted by atomic mass is 10.3. The molecule has 0 unspecified atom stereocenters. The van der Waals surface area contributed by atoms with Gasteiger partial charge in [0.25, 0.3) is 0 Å². The summed E-state index contributed by atoms with van der Waals surface area (Å²) in [6.45, 7) is 2.95. The third-order valence-electron chi connectivity index (χ3n) is 2.15. The third-order valence-corrected chi connectivity index (χ3v) is 2.15. The summed E-state index contributed by atoms with van der Waals surface area (Å²) in [5.74, 6) is 1.60. The number of ether oxygens (including phenoxy) is 2. The fraction of sp³-hybridized carbons (Fsp3) is 0.250. The molecule has 0 spiro atoms. The lowest BCUT2D eigenvalue weighted by Gasteiger charge is -2.07. The van der Waals surface area contributed by atoms with E-state index in [0.29, 0.717) is 19.0 Å². The molecule has 0 aliphatic carbocycles. The molecule has 2 rings (SSSR count). The summed E-state index contributed by atoms with van der Waals surface area (Å²) < 4.78 is 12.5. The molecule has 0 aliphatic heterocycles. The number of aromatic nitrogens is 2. The molecule has 0 aliphatic rings. The first-order valence-electron chi connectivity index (χ1n) is 5.41. The summed E-state index contributed by atoms with van der Waals surface area (Å²) in [6.07, 6.45) is 3.30. The van der Waals surface area contributed by atoms with Crippen molar-refractivity contribution in [1.29, 1.82) is 0 Å². The van der Waals surface area contributed by atoms with Crippen LogP contribution in [0.3, 0.4) is 0 Å². The van der Waals surface area contributed by atoms with E-state index in [1.54, 1.807) is 17.1 Å². The topological polar surface area (TPSA) is 62.3 Å². The first-order chi connectivity index (χ1) is 8.28. The summed E-state index contributed by atoms with van der Waals surface area (Å²) in [7, 11) is 0. The fourth-order valence-corrected chi connectivity index (χ4v) is 1.39. The highest BCUT2D eigenvalue weighted by Gasteiger charge is 1.97. The van der Waals surface area contributed by atoms with Crippen molar-refractivity contribution in [2.24, 2.45) is 0 Å².